The molecule has 2 N–H and O–H groups in total. The van der Waals surface area contributed by atoms with Gasteiger partial charge in [0.15, 0.2) is 11.9 Å². The second-order valence-corrected chi connectivity index (χ2v) is 6.20. The van der Waals surface area contributed by atoms with Gasteiger partial charge in [0.25, 0.3) is 0 Å². The number of benzene rings is 1. The lowest BCUT2D eigenvalue weighted by molar-refractivity contribution is -0.161. The van der Waals surface area contributed by atoms with Crippen LogP contribution >= 0.6 is 0 Å². The van der Waals surface area contributed by atoms with Crippen molar-refractivity contribution in [3.05, 3.63) is 48.4 Å². The first kappa shape index (κ1) is 16.1. The maximum Gasteiger partial charge on any atom is 0.177 e. The van der Waals surface area contributed by atoms with E-state index < -0.39 is 0 Å². The number of fused-ring (bicyclic) bond motifs is 1. The van der Waals surface area contributed by atoms with Gasteiger partial charge in [-0.05, 0) is 43.4 Å². The van der Waals surface area contributed by atoms with Crippen LogP contribution in [0.4, 0.5) is 11.4 Å². The lowest BCUT2D eigenvalue weighted by Crippen LogP contribution is -2.23. The molecule has 1 saturated heterocycles. The monoisotopic (exact) mass is 338 g/mol. The highest BCUT2D eigenvalue weighted by Crippen LogP contribution is 2.23. The molecule has 1 fully saturated rings. The van der Waals surface area contributed by atoms with Gasteiger partial charge >= 0.3 is 0 Å². The number of ether oxygens (including phenoxy) is 2. The summed E-state index contributed by atoms with van der Waals surface area (Å²) < 4.78 is 11.5. The Morgan fingerprint density at radius 3 is 3.12 bits per heavy atom. The molecule has 1 aliphatic heterocycles. The van der Waals surface area contributed by atoms with E-state index in [1.807, 2.05) is 18.2 Å². The lowest BCUT2D eigenvalue weighted by atomic mass is 10.1. The molecule has 0 bridgehead atoms. The molecule has 6 nitrogen and oxygen atoms in total. The third-order valence-electron chi connectivity index (χ3n) is 4.38. The van der Waals surface area contributed by atoms with Gasteiger partial charge in [0, 0.05) is 12.3 Å². The summed E-state index contributed by atoms with van der Waals surface area (Å²) in [4.78, 5) is 11.6. The number of hydrogen-bond acceptors (Lipinski definition) is 5. The zero-order chi connectivity index (χ0) is 16.9. The molecule has 1 aromatic carbocycles. The van der Waals surface area contributed by atoms with Crippen LogP contribution in [-0.4, -0.2) is 34.5 Å². The van der Waals surface area contributed by atoms with E-state index in [2.05, 4.69) is 32.4 Å². The van der Waals surface area contributed by atoms with Gasteiger partial charge in [0.1, 0.15) is 0 Å². The number of nitrogens with zero attached hydrogens (tertiary/aromatic N) is 2. The van der Waals surface area contributed by atoms with Crippen molar-refractivity contribution in [2.24, 2.45) is 0 Å². The quantitative estimate of drug-likeness (QED) is 0.715. The van der Waals surface area contributed by atoms with Crippen molar-refractivity contribution in [2.45, 2.75) is 32.0 Å². The predicted molar refractivity (Wildman–Crippen MR) is 96.9 cm³/mol. The van der Waals surface area contributed by atoms with Crippen LogP contribution in [0.2, 0.25) is 0 Å². The van der Waals surface area contributed by atoms with Crippen LogP contribution in [-0.2, 0) is 15.9 Å². The van der Waals surface area contributed by atoms with Crippen LogP contribution < -0.4 is 5.32 Å². The lowest BCUT2D eigenvalue weighted by Gasteiger charge is -2.23. The van der Waals surface area contributed by atoms with E-state index >= 15 is 0 Å². The number of imidazole rings is 1. The fourth-order valence-corrected chi connectivity index (χ4v) is 3.06. The Labute approximate surface area is 146 Å². The summed E-state index contributed by atoms with van der Waals surface area (Å²) in [5, 5.41) is 3.45. The van der Waals surface area contributed by atoms with Crippen molar-refractivity contribution in [1.82, 2.24) is 15.0 Å². The van der Waals surface area contributed by atoms with E-state index in [0.717, 1.165) is 48.4 Å². The number of hydrogen-bond donors (Lipinski definition) is 2. The first-order valence-corrected chi connectivity index (χ1v) is 8.76. The number of para-hydroxylation sites is 1. The minimum Gasteiger partial charge on any atom is -0.354 e. The fraction of sp³-hybridized carbons (Fsp3) is 0.368. The average Bonchev–Trinajstić information content (AvgIpc) is 3.12. The molecule has 0 amide bonds. The zero-order valence-electron chi connectivity index (χ0n) is 14.1. The molecule has 0 aliphatic carbocycles. The third-order valence-corrected chi connectivity index (χ3v) is 4.38. The standard InChI is InChI=1S/C19H22N4O2/c1-2-6-16(23-15-11-17-19(20-12-15)22-13-21-17)14(5-1)8-10-25-18-7-3-4-9-24-18/h1-2,5-6,11-13,18,23H,3-4,7-10H2,(H,20,21,22). The molecule has 1 aliphatic rings. The number of pyridine rings is 1. The Morgan fingerprint density at radius 1 is 1.24 bits per heavy atom. The van der Waals surface area contributed by atoms with Gasteiger partial charge in [0.05, 0.1) is 30.3 Å². The van der Waals surface area contributed by atoms with Crippen LogP contribution in [0.25, 0.3) is 11.2 Å². The van der Waals surface area contributed by atoms with Gasteiger partial charge in [-0.2, -0.15) is 0 Å². The zero-order valence-corrected chi connectivity index (χ0v) is 14.1. The van der Waals surface area contributed by atoms with Crippen LogP contribution in [0.3, 0.4) is 0 Å². The Bertz CT molecular complexity index is 827. The number of rotatable bonds is 6. The van der Waals surface area contributed by atoms with Crippen LogP contribution in [0.1, 0.15) is 24.8 Å². The van der Waals surface area contributed by atoms with Gasteiger partial charge in [-0.15, -0.1) is 0 Å². The molecule has 0 spiro atoms. The molecule has 130 valence electrons. The molecule has 0 radical (unpaired) electrons. The first-order valence-electron chi connectivity index (χ1n) is 8.76. The minimum atomic E-state index is -0.0409. The van der Waals surface area contributed by atoms with Crippen LogP contribution in [0.15, 0.2) is 42.9 Å². The Kier molecular flexibility index (Phi) is 4.90. The van der Waals surface area contributed by atoms with E-state index in [1.54, 1.807) is 12.5 Å². The molecular weight excluding hydrogens is 316 g/mol. The first-order chi connectivity index (χ1) is 12.4. The van der Waals surface area contributed by atoms with Gasteiger partial charge in [-0.3, -0.25) is 0 Å². The summed E-state index contributed by atoms with van der Waals surface area (Å²) in [7, 11) is 0. The summed E-state index contributed by atoms with van der Waals surface area (Å²) in [6.45, 7) is 1.47. The third kappa shape index (κ3) is 3.97. The van der Waals surface area contributed by atoms with Crippen molar-refractivity contribution in [1.29, 1.82) is 0 Å². The van der Waals surface area contributed by atoms with Crippen molar-refractivity contribution in [3.8, 4) is 0 Å². The average molecular weight is 338 g/mol. The van der Waals surface area contributed by atoms with E-state index in [9.17, 15) is 0 Å². The number of aromatic amines is 1. The van der Waals surface area contributed by atoms with Crippen molar-refractivity contribution in [3.63, 3.8) is 0 Å². The predicted octanol–water partition coefficient (Wildman–Crippen LogP) is 3.79. The Hall–Kier alpha value is -2.44. The summed E-state index contributed by atoms with van der Waals surface area (Å²) in [6.07, 6.45) is 7.57. The van der Waals surface area contributed by atoms with E-state index in [0.29, 0.717) is 6.61 Å². The number of aromatic nitrogens is 3. The highest BCUT2D eigenvalue weighted by atomic mass is 16.7. The molecule has 4 rings (SSSR count). The highest BCUT2D eigenvalue weighted by molar-refractivity contribution is 5.76. The maximum atomic E-state index is 5.86. The molecule has 6 heteroatoms. The second kappa shape index (κ2) is 7.63. The van der Waals surface area contributed by atoms with Gasteiger partial charge < -0.3 is 19.8 Å². The molecule has 3 heterocycles. The molecule has 1 atom stereocenters. The molecule has 1 unspecified atom stereocenters. The SMILES string of the molecule is c1ccc(Nc2cnc3nc[nH]c3c2)c(CCOC2CCCCO2)c1. The van der Waals surface area contributed by atoms with Crippen molar-refractivity contribution in [2.75, 3.05) is 18.5 Å². The minimum absolute atomic E-state index is 0.0409. The van der Waals surface area contributed by atoms with Gasteiger partial charge in [-0.1, -0.05) is 18.2 Å². The Morgan fingerprint density at radius 2 is 2.20 bits per heavy atom. The Balaban J connectivity index is 1.41. The number of nitrogens with one attached hydrogen (secondary N) is 2. The van der Waals surface area contributed by atoms with Crippen LogP contribution in [0, 0.1) is 0 Å². The smallest absolute Gasteiger partial charge is 0.177 e. The summed E-state index contributed by atoms with van der Waals surface area (Å²) in [5.74, 6) is 0. The maximum absolute atomic E-state index is 5.86. The summed E-state index contributed by atoms with van der Waals surface area (Å²) in [6, 6.07) is 10.3. The van der Waals surface area contributed by atoms with E-state index in [1.165, 1.54) is 12.0 Å². The normalized spacial score (nSPS) is 17.7. The second-order valence-electron chi connectivity index (χ2n) is 6.20. The molecule has 2 aromatic heterocycles. The largest absolute Gasteiger partial charge is 0.354 e. The topological polar surface area (TPSA) is 72.1 Å². The van der Waals surface area contributed by atoms with Crippen molar-refractivity contribution < 1.29 is 9.47 Å². The van der Waals surface area contributed by atoms with Gasteiger partial charge in [0.2, 0.25) is 0 Å². The van der Waals surface area contributed by atoms with E-state index in [4.69, 9.17) is 9.47 Å². The van der Waals surface area contributed by atoms with Gasteiger partial charge in [-0.25, -0.2) is 9.97 Å². The van der Waals surface area contributed by atoms with E-state index in [-0.39, 0.29) is 6.29 Å². The molecular formula is C19H22N4O2. The van der Waals surface area contributed by atoms with Crippen LogP contribution in [0.5, 0.6) is 0 Å². The number of H-pyrrole nitrogens is 1. The highest BCUT2D eigenvalue weighted by Gasteiger charge is 2.14. The molecule has 3 aromatic rings. The van der Waals surface area contributed by atoms with Crippen molar-refractivity contribution >= 4 is 22.5 Å². The number of anilines is 2. The fourth-order valence-electron chi connectivity index (χ4n) is 3.06. The molecule has 25 heavy (non-hydrogen) atoms. The molecule has 0 saturated carbocycles. The summed E-state index contributed by atoms with van der Waals surface area (Å²) in [5.41, 5.74) is 4.85. The summed E-state index contributed by atoms with van der Waals surface area (Å²) >= 11 is 0.